The van der Waals surface area contributed by atoms with Crippen LogP contribution < -0.4 is 5.32 Å². The highest BCUT2D eigenvalue weighted by atomic mass is 35.5. The van der Waals surface area contributed by atoms with Gasteiger partial charge < -0.3 is 10.1 Å². The van der Waals surface area contributed by atoms with Crippen molar-refractivity contribution in [1.82, 2.24) is 9.78 Å². The van der Waals surface area contributed by atoms with Crippen molar-refractivity contribution < 1.29 is 22.7 Å². The van der Waals surface area contributed by atoms with Gasteiger partial charge in [0.2, 0.25) is 0 Å². The number of aromatic nitrogens is 2. The largest absolute Gasteiger partial charge is 0.465 e. The van der Waals surface area contributed by atoms with E-state index in [-0.39, 0.29) is 17.8 Å². The van der Waals surface area contributed by atoms with Gasteiger partial charge in [-0.05, 0) is 17.7 Å². The molecule has 0 spiro atoms. The second-order valence-electron chi connectivity index (χ2n) is 5.38. The predicted octanol–water partition coefficient (Wildman–Crippen LogP) is 3.98. The van der Waals surface area contributed by atoms with Crippen LogP contribution in [0, 0.1) is 0 Å². The Kier molecular flexibility index (Phi) is 4.16. The molecule has 2 atom stereocenters. The molecule has 0 saturated heterocycles. The average molecular weight is 360 g/mol. The maximum absolute atomic E-state index is 13.4. The maximum Gasteiger partial charge on any atom is 0.410 e. The number of nitrogens with zero attached hydrogens (tertiary/aromatic N) is 2. The summed E-state index contributed by atoms with van der Waals surface area (Å²) in [7, 11) is 1.16. The first-order valence-electron chi connectivity index (χ1n) is 7.05. The number of fused-ring (bicyclic) bond motifs is 1. The molecule has 24 heavy (non-hydrogen) atoms. The first-order valence-corrected chi connectivity index (χ1v) is 7.43. The van der Waals surface area contributed by atoms with E-state index in [2.05, 4.69) is 15.2 Å². The number of carbonyl (C=O) groups excluding carboxylic acids is 1. The third kappa shape index (κ3) is 2.93. The number of hydrogen-bond acceptors (Lipinski definition) is 4. The third-order valence-electron chi connectivity index (χ3n) is 3.92. The lowest BCUT2D eigenvalue weighted by atomic mass is 9.96. The molecule has 9 heteroatoms. The summed E-state index contributed by atoms with van der Waals surface area (Å²) in [6, 6.07) is 4.03. The van der Waals surface area contributed by atoms with Crippen molar-refractivity contribution in [1.29, 1.82) is 0 Å². The summed E-state index contributed by atoms with van der Waals surface area (Å²) in [6.07, 6.45) is -3.67. The van der Waals surface area contributed by atoms with Gasteiger partial charge in [-0.2, -0.15) is 18.3 Å². The van der Waals surface area contributed by atoms with Gasteiger partial charge in [-0.3, -0.25) is 0 Å². The fourth-order valence-corrected chi connectivity index (χ4v) is 2.86. The van der Waals surface area contributed by atoms with E-state index in [1.54, 1.807) is 24.3 Å². The molecule has 0 aliphatic carbocycles. The highest BCUT2D eigenvalue weighted by Gasteiger charge is 2.47. The van der Waals surface area contributed by atoms with E-state index in [0.29, 0.717) is 10.6 Å². The molecular weight excluding hydrogens is 347 g/mol. The summed E-state index contributed by atoms with van der Waals surface area (Å²) in [6.45, 7) is 0. The average Bonchev–Trinajstić information content (AvgIpc) is 2.96. The Morgan fingerprint density at radius 2 is 2.04 bits per heavy atom. The van der Waals surface area contributed by atoms with Gasteiger partial charge in [-0.15, -0.1) is 0 Å². The molecule has 3 rings (SSSR count). The maximum atomic E-state index is 13.4. The molecule has 128 valence electrons. The minimum Gasteiger partial charge on any atom is -0.465 e. The lowest BCUT2D eigenvalue weighted by Gasteiger charge is -2.34. The van der Waals surface area contributed by atoms with Crippen molar-refractivity contribution in [2.75, 3.05) is 12.4 Å². The number of carbonyl (C=O) groups is 1. The fraction of sp³-hybridized carbons (Fsp3) is 0.333. The van der Waals surface area contributed by atoms with Crippen molar-refractivity contribution >= 4 is 23.4 Å². The minimum atomic E-state index is -4.50. The van der Waals surface area contributed by atoms with Crippen molar-refractivity contribution in [3.05, 3.63) is 46.6 Å². The molecule has 2 unspecified atom stereocenters. The molecule has 0 fully saturated rings. The Morgan fingerprint density at radius 1 is 1.38 bits per heavy atom. The van der Waals surface area contributed by atoms with Crippen molar-refractivity contribution in [2.45, 2.75) is 24.7 Å². The number of alkyl halides is 3. The second kappa shape index (κ2) is 6.01. The molecule has 1 aromatic heterocycles. The topological polar surface area (TPSA) is 56.1 Å². The quantitative estimate of drug-likeness (QED) is 0.824. The number of methoxy groups -OCH3 is 1. The lowest BCUT2D eigenvalue weighted by Crippen LogP contribution is -2.36. The summed E-state index contributed by atoms with van der Waals surface area (Å²) < 4.78 is 45.7. The van der Waals surface area contributed by atoms with Crippen molar-refractivity contribution in [3.63, 3.8) is 0 Å². The van der Waals surface area contributed by atoms with Crippen LogP contribution in [0.3, 0.4) is 0 Å². The molecule has 0 saturated carbocycles. The fourth-order valence-electron chi connectivity index (χ4n) is 2.74. The van der Waals surface area contributed by atoms with Gasteiger partial charge in [0, 0.05) is 11.4 Å². The van der Waals surface area contributed by atoms with E-state index in [1.165, 1.54) is 0 Å². The highest BCUT2D eigenvalue weighted by molar-refractivity contribution is 6.30. The van der Waals surface area contributed by atoms with Gasteiger partial charge in [-0.1, -0.05) is 23.7 Å². The Balaban J connectivity index is 2.04. The van der Waals surface area contributed by atoms with Gasteiger partial charge in [0.05, 0.1) is 19.3 Å². The number of nitrogens with one attached hydrogen (secondary N) is 1. The number of esters is 1. The number of hydrogen-bond donors (Lipinski definition) is 1. The standard InChI is InChI=1S/C15H13ClF3N3O2/c1-24-14(23)10-7-20-22-12(15(17,18)19)6-11(21-13(10)22)8-2-4-9(16)5-3-8/h2-5,7,11-12,21H,6H2,1H3. The summed E-state index contributed by atoms with van der Waals surface area (Å²) in [5, 5.41) is 7.17. The van der Waals surface area contributed by atoms with Gasteiger partial charge in [0.1, 0.15) is 11.4 Å². The van der Waals surface area contributed by atoms with Crippen LogP contribution in [0.1, 0.15) is 34.4 Å². The monoisotopic (exact) mass is 359 g/mol. The number of benzene rings is 1. The highest BCUT2D eigenvalue weighted by Crippen LogP contribution is 2.44. The number of halogens is 4. The number of rotatable bonds is 2. The Labute approximate surface area is 140 Å². The van der Waals surface area contributed by atoms with Crippen LogP contribution in [-0.4, -0.2) is 29.0 Å². The third-order valence-corrected chi connectivity index (χ3v) is 4.17. The van der Waals surface area contributed by atoms with Gasteiger partial charge in [-0.25, -0.2) is 9.48 Å². The van der Waals surface area contributed by atoms with Crippen LogP contribution in [0.15, 0.2) is 30.5 Å². The van der Waals surface area contributed by atoms with Crippen LogP contribution in [0.2, 0.25) is 5.02 Å². The smallest absolute Gasteiger partial charge is 0.410 e. The van der Waals surface area contributed by atoms with E-state index < -0.39 is 24.2 Å². The summed E-state index contributed by atoms with van der Waals surface area (Å²) in [5.41, 5.74) is 0.599. The second-order valence-corrected chi connectivity index (χ2v) is 5.82. The van der Waals surface area contributed by atoms with Crippen LogP contribution >= 0.6 is 11.6 Å². The molecular formula is C15H13ClF3N3O2. The Bertz CT molecular complexity index is 758. The predicted molar refractivity (Wildman–Crippen MR) is 81.1 cm³/mol. The number of anilines is 1. The Morgan fingerprint density at radius 3 is 2.62 bits per heavy atom. The van der Waals surface area contributed by atoms with Crippen molar-refractivity contribution in [2.24, 2.45) is 0 Å². The summed E-state index contributed by atoms with van der Waals surface area (Å²) in [4.78, 5) is 11.8. The van der Waals surface area contributed by atoms with E-state index in [9.17, 15) is 18.0 Å². The molecule has 2 aromatic rings. The first kappa shape index (κ1) is 16.6. The lowest BCUT2D eigenvalue weighted by molar-refractivity contribution is -0.173. The van der Waals surface area contributed by atoms with E-state index in [1.807, 2.05) is 0 Å². The van der Waals surface area contributed by atoms with Gasteiger partial charge in [0.25, 0.3) is 0 Å². The molecule has 1 aliphatic heterocycles. The first-order chi connectivity index (χ1) is 11.3. The molecule has 1 aromatic carbocycles. The van der Waals surface area contributed by atoms with E-state index >= 15 is 0 Å². The van der Waals surface area contributed by atoms with Gasteiger partial charge >= 0.3 is 12.1 Å². The molecule has 2 heterocycles. The molecule has 1 N–H and O–H groups in total. The molecule has 5 nitrogen and oxygen atoms in total. The molecule has 0 amide bonds. The molecule has 0 bridgehead atoms. The van der Waals surface area contributed by atoms with Crippen LogP contribution in [0.5, 0.6) is 0 Å². The van der Waals surface area contributed by atoms with Crippen LogP contribution in [-0.2, 0) is 4.74 Å². The van der Waals surface area contributed by atoms with E-state index in [4.69, 9.17) is 11.6 Å². The normalized spacial score (nSPS) is 20.2. The van der Waals surface area contributed by atoms with Crippen molar-refractivity contribution in [3.8, 4) is 0 Å². The molecule has 1 aliphatic rings. The molecule has 0 radical (unpaired) electrons. The van der Waals surface area contributed by atoms with Gasteiger partial charge in [0.15, 0.2) is 6.04 Å². The number of ether oxygens (including phenoxy) is 1. The minimum absolute atomic E-state index is 0.00428. The van der Waals surface area contributed by atoms with Crippen LogP contribution in [0.25, 0.3) is 0 Å². The zero-order valence-electron chi connectivity index (χ0n) is 12.5. The Hall–Kier alpha value is -2.22. The zero-order valence-corrected chi connectivity index (χ0v) is 13.2. The van der Waals surface area contributed by atoms with Crippen LogP contribution in [0.4, 0.5) is 19.0 Å². The summed E-state index contributed by atoms with van der Waals surface area (Å²) in [5.74, 6) is -0.753. The van der Waals surface area contributed by atoms with E-state index in [0.717, 1.165) is 18.0 Å². The summed E-state index contributed by atoms with van der Waals surface area (Å²) >= 11 is 5.83. The zero-order chi connectivity index (χ0) is 17.5. The SMILES string of the molecule is COC(=O)c1cnn2c1NC(c1ccc(Cl)cc1)CC2C(F)(F)F.